The molecule has 0 saturated heterocycles. The van der Waals surface area contributed by atoms with Gasteiger partial charge in [-0.15, -0.1) is 11.6 Å². The van der Waals surface area contributed by atoms with Crippen molar-refractivity contribution >= 4 is 17.4 Å². The third-order valence-corrected chi connectivity index (χ3v) is 4.19. The van der Waals surface area contributed by atoms with Crippen LogP contribution in [0.3, 0.4) is 0 Å². The second-order valence-electron chi connectivity index (χ2n) is 5.13. The molecule has 0 radical (unpaired) electrons. The van der Waals surface area contributed by atoms with Gasteiger partial charge in [0.25, 0.3) is 0 Å². The number of anilines is 1. The summed E-state index contributed by atoms with van der Waals surface area (Å²) in [5.41, 5.74) is 1.12. The Bertz CT molecular complexity index is 370. The molecule has 1 heterocycles. The summed E-state index contributed by atoms with van der Waals surface area (Å²) in [6.07, 6.45) is 7.67. The summed E-state index contributed by atoms with van der Waals surface area (Å²) in [6.45, 7) is 3.15. The van der Waals surface area contributed by atoms with Gasteiger partial charge in [-0.05, 0) is 31.1 Å². The molecule has 2 rings (SSSR count). The van der Waals surface area contributed by atoms with Crippen LogP contribution in [-0.4, -0.2) is 22.4 Å². The highest BCUT2D eigenvalue weighted by molar-refractivity contribution is 6.18. The van der Waals surface area contributed by atoms with E-state index >= 15 is 0 Å². The fourth-order valence-corrected chi connectivity index (χ4v) is 3.11. The molecule has 0 aliphatic heterocycles. The molecular formula is C14H22ClN3. The van der Waals surface area contributed by atoms with Crippen molar-refractivity contribution in [2.45, 2.75) is 39.0 Å². The second kappa shape index (κ2) is 6.93. The molecule has 0 spiro atoms. The maximum absolute atomic E-state index is 6.00. The van der Waals surface area contributed by atoms with Crippen LogP contribution < -0.4 is 5.32 Å². The van der Waals surface area contributed by atoms with E-state index in [4.69, 9.17) is 11.6 Å². The van der Waals surface area contributed by atoms with E-state index in [-0.39, 0.29) is 0 Å². The Kier molecular flexibility index (Phi) is 5.24. The third kappa shape index (κ3) is 3.58. The van der Waals surface area contributed by atoms with Crippen molar-refractivity contribution in [1.29, 1.82) is 0 Å². The van der Waals surface area contributed by atoms with Crippen molar-refractivity contribution in [2.75, 3.05) is 17.7 Å². The van der Waals surface area contributed by atoms with E-state index in [1.165, 1.54) is 19.3 Å². The summed E-state index contributed by atoms with van der Waals surface area (Å²) in [7, 11) is 0. The van der Waals surface area contributed by atoms with Crippen LogP contribution in [0.15, 0.2) is 12.4 Å². The number of hydrogen-bond donors (Lipinski definition) is 1. The van der Waals surface area contributed by atoms with Crippen molar-refractivity contribution in [3.63, 3.8) is 0 Å². The van der Waals surface area contributed by atoms with Gasteiger partial charge in [0.2, 0.25) is 0 Å². The number of nitrogens with zero attached hydrogens (tertiary/aromatic N) is 2. The Balaban J connectivity index is 1.87. The molecule has 3 nitrogen and oxygen atoms in total. The average molecular weight is 268 g/mol. The lowest BCUT2D eigenvalue weighted by atomic mass is 9.98. The minimum atomic E-state index is 0.677. The highest BCUT2D eigenvalue weighted by Gasteiger charge is 2.26. The van der Waals surface area contributed by atoms with Gasteiger partial charge in [0.1, 0.15) is 12.1 Å². The maximum atomic E-state index is 6.00. The minimum Gasteiger partial charge on any atom is -0.370 e. The highest BCUT2D eigenvalue weighted by Crippen LogP contribution is 2.32. The summed E-state index contributed by atoms with van der Waals surface area (Å²) in [4.78, 5) is 8.55. The maximum Gasteiger partial charge on any atom is 0.129 e. The van der Waals surface area contributed by atoms with Crippen LogP contribution in [-0.2, 0) is 6.42 Å². The SMILES string of the molecule is CCCc1cc(NCC2CCCC2CCl)ncn1. The quantitative estimate of drug-likeness (QED) is 0.802. The van der Waals surface area contributed by atoms with E-state index in [1.807, 2.05) is 0 Å². The Morgan fingerprint density at radius 3 is 2.94 bits per heavy atom. The van der Waals surface area contributed by atoms with Crippen molar-refractivity contribution < 1.29 is 0 Å². The van der Waals surface area contributed by atoms with Gasteiger partial charge in [0, 0.05) is 24.2 Å². The molecule has 0 amide bonds. The van der Waals surface area contributed by atoms with Crippen molar-refractivity contribution in [2.24, 2.45) is 11.8 Å². The Labute approximate surface area is 114 Å². The Morgan fingerprint density at radius 2 is 2.17 bits per heavy atom. The molecule has 1 aliphatic carbocycles. The first-order valence-electron chi connectivity index (χ1n) is 6.94. The lowest BCUT2D eigenvalue weighted by molar-refractivity contribution is 0.444. The molecule has 1 aromatic heterocycles. The highest BCUT2D eigenvalue weighted by atomic mass is 35.5. The Morgan fingerprint density at radius 1 is 1.33 bits per heavy atom. The number of halogens is 1. The molecule has 1 N–H and O–H groups in total. The molecule has 0 aromatic carbocycles. The largest absolute Gasteiger partial charge is 0.370 e. The van der Waals surface area contributed by atoms with E-state index in [2.05, 4.69) is 28.3 Å². The smallest absolute Gasteiger partial charge is 0.129 e. The monoisotopic (exact) mass is 267 g/mol. The molecule has 1 saturated carbocycles. The molecule has 2 atom stereocenters. The standard InChI is InChI=1S/C14H22ClN3/c1-2-4-13-7-14(18-10-17-13)16-9-12-6-3-5-11(12)8-15/h7,10-12H,2-6,8-9H2,1H3,(H,16,17,18). The molecular weight excluding hydrogens is 246 g/mol. The zero-order chi connectivity index (χ0) is 12.8. The molecule has 1 fully saturated rings. The van der Waals surface area contributed by atoms with Gasteiger partial charge >= 0.3 is 0 Å². The minimum absolute atomic E-state index is 0.677. The number of hydrogen-bond acceptors (Lipinski definition) is 3. The van der Waals surface area contributed by atoms with Gasteiger partial charge in [-0.2, -0.15) is 0 Å². The zero-order valence-electron chi connectivity index (χ0n) is 11.0. The molecule has 100 valence electrons. The first-order valence-corrected chi connectivity index (χ1v) is 7.47. The molecule has 1 aromatic rings. The summed E-state index contributed by atoms with van der Waals surface area (Å²) in [5, 5.41) is 3.44. The van der Waals surface area contributed by atoms with Crippen molar-refractivity contribution in [3.8, 4) is 0 Å². The number of alkyl halides is 1. The summed E-state index contributed by atoms with van der Waals surface area (Å²) >= 11 is 6.00. The van der Waals surface area contributed by atoms with E-state index in [0.29, 0.717) is 11.8 Å². The van der Waals surface area contributed by atoms with Crippen LogP contribution in [0.4, 0.5) is 5.82 Å². The molecule has 0 bridgehead atoms. The van der Waals surface area contributed by atoms with Crippen LogP contribution in [0.5, 0.6) is 0 Å². The number of nitrogens with one attached hydrogen (secondary N) is 1. The van der Waals surface area contributed by atoms with E-state index in [0.717, 1.165) is 36.8 Å². The third-order valence-electron chi connectivity index (χ3n) is 3.79. The summed E-state index contributed by atoms with van der Waals surface area (Å²) in [6, 6.07) is 2.06. The van der Waals surface area contributed by atoms with E-state index in [1.54, 1.807) is 6.33 Å². The molecule has 2 unspecified atom stereocenters. The van der Waals surface area contributed by atoms with Crippen LogP contribution in [0.25, 0.3) is 0 Å². The normalized spacial score (nSPS) is 23.2. The van der Waals surface area contributed by atoms with Gasteiger partial charge in [-0.1, -0.05) is 19.8 Å². The zero-order valence-corrected chi connectivity index (χ0v) is 11.8. The predicted molar refractivity (Wildman–Crippen MR) is 76.1 cm³/mol. The van der Waals surface area contributed by atoms with Crippen LogP contribution in [0.1, 0.15) is 38.3 Å². The van der Waals surface area contributed by atoms with Gasteiger partial charge in [-0.3, -0.25) is 0 Å². The van der Waals surface area contributed by atoms with Gasteiger partial charge in [0.15, 0.2) is 0 Å². The summed E-state index contributed by atoms with van der Waals surface area (Å²) in [5.74, 6) is 3.12. The average Bonchev–Trinajstić information content (AvgIpc) is 2.84. The van der Waals surface area contributed by atoms with Crippen molar-refractivity contribution in [3.05, 3.63) is 18.1 Å². The van der Waals surface area contributed by atoms with Crippen LogP contribution in [0, 0.1) is 11.8 Å². The topological polar surface area (TPSA) is 37.8 Å². The fourth-order valence-electron chi connectivity index (χ4n) is 2.71. The lowest BCUT2D eigenvalue weighted by Gasteiger charge is -2.18. The molecule has 4 heteroatoms. The number of aromatic nitrogens is 2. The van der Waals surface area contributed by atoms with Gasteiger partial charge < -0.3 is 5.32 Å². The van der Waals surface area contributed by atoms with E-state index in [9.17, 15) is 0 Å². The summed E-state index contributed by atoms with van der Waals surface area (Å²) < 4.78 is 0. The van der Waals surface area contributed by atoms with Crippen LogP contribution in [0.2, 0.25) is 0 Å². The molecule has 1 aliphatic rings. The lowest BCUT2D eigenvalue weighted by Crippen LogP contribution is -2.20. The predicted octanol–water partition coefficient (Wildman–Crippen LogP) is 3.50. The van der Waals surface area contributed by atoms with Crippen LogP contribution >= 0.6 is 11.6 Å². The first kappa shape index (κ1) is 13.6. The second-order valence-corrected chi connectivity index (χ2v) is 5.44. The van der Waals surface area contributed by atoms with Gasteiger partial charge in [-0.25, -0.2) is 9.97 Å². The number of aryl methyl sites for hydroxylation is 1. The van der Waals surface area contributed by atoms with Gasteiger partial charge in [0.05, 0.1) is 0 Å². The van der Waals surface area contributed by atoms with Crippen molar-refractivity contribution in [1.82, 2.24) is 9.97 Å². The van der Waals surface area contributed by atoms with E-state index < -0.39 is 0 Å². The first-order chi connectivity index (χ1) is 8.83. The molecule has 18 heavy (non-hydrogen) atoms. The number of rotatable bonds is 6. The Hall–Kier alpha value is -0.830. The fraction of sp³-hybridized carbons (Fsp3) is 0.714.